The van der Waals surface area contributed by atoms with Gasteiger partial charge in [0.15, 0.2) is 0 Å². The lowest BCUT2D eigenvalue weighted by atomic mass is 10.0. The van der Waals surface area contributed by atoms with Gasteiger partial charge >= 0.3 is 12.1 Å². The lowest BCUT2D eigenvalue weighted by Gasteiger charge is -2.17. The fourth-order valence-electron chi connectivity index (χ4n) is 3.03. The zero-order valence-corrected chi connectivity index (χ0v) is 15.5. The molecule has 13 heteroatoms. The number of benzene rings is 1. The van der Waals surface area contributed by atoms with E-state index in [-0.39, 0.29) is 28.1 Å². The van der Waals surface area contributed by atoms with Gasteiger partial charge in [-0.1, -0.05) is 6.07 Å². The van der Waals surface area contributed by atoms with E-state index in [0.717, 1.165) is 17.1 Å². The smallest absolute Gasteiger partial charge is 0.419 e. The normalized spacial score (nSPS) is 12.9. The molecule has 31 heavy (non-hydrogen) atoms. The van der Waals surface area contributed by atoms with Gasteiger partial charge in [-0.2, -0.15) is 28.4 Å². The first-order valence-corrected chi connectivity index (χ1v) is 8.65. The van der Waals surface area contributed by atoms with E-state index in [1.54, 1.807) is 0 Å². The molecular weight excluding hydrogens is 424 g/mol. The van der Waals surface area contributed by atoms with Crippen LogP contribution in [-0.4, -0.2) is 45.7 Å². The van der Waals surface area contributed by atoms with Crippen LogP contribution in [-0.2, 0) is 6.18 Å². The Balaban J connectivity index is 1.76. The van der Waals surface area contributed by atoms with Crippen molar-refractivity contribution in [3.05, 3.63) is 59.3 Å². The third-order valence-corrected chi connectivity index (χ3v) is 4.59. The molecule has 1 atom stereocenters. The molecule has 0 saturated heterocycles. The molecule has 9 nitrogen and oxygen atoms in total. The largest absolute Gasteiger partial charge is 0.492 e. The molecular formula is C18H12F4N6O3. The van der Waals surface area contributed by atoms with E-state index in [4.69, 9.17) is 5.11 Å². The number of alkyl halides is 3. The van der Waals surface area contributed by atoms with Crippen molar-refractivity contribution in [2.24, 2.45) is 0 Å². The van der Waals surface area contributed by atoms with Gasteiger partial charge in [-0.05, 0) is 24.6 Å². The quantitative estimate of drug-likeness (QED) is 0.472. The van der Waals surface area contributed by atoms with Crippen LogP contribution < -0.4 is 0 Å². The fraction of sp³-hybridized carbons (Fsp3) is 0.167. The summed E-state index contributed by atoms with van der Waals surface area (Å²) in [6.07, 6.45) is -1.39. The number of aromatic hydroxyl groups is 1. The van der Waals surface area contributed by atoms with Crippen molar-refractivity contribution >= 4 is 17.0 Å². The first-order valence-electron chi connectivity index (χ1n) is 8.65. The number of fused-ring (bicyclic) bond motifs is 1. The Morgan fingerprint density at radius 1 is 1.16 bits per heavy atom. The number of carboxylic acids is 1. The molecule has 4 rings (SSSR count). The number of hydrogen-bond acceptors (Lipinski definition) is 6. The Kier molecular flexibility index (Phi) is 4.60. The first kappa shape index (κ1) is 20.3. The van der Waals surface area contributed by atoms with Gasteiger partial charge in [0.2, 0.25) is 5.88 Å². The van der Waals surface area contributed by atoms with E-state index in [0.29, 0.717) is 12.1 Å². The number of rotatable bonds is 4. The van der Waals surface area contributed by atoms with Gasteiger partial charge in [-0.25, -0.2) is 18.9 Å². The summed E-state index contributed by atoms with van der Waals surface area (Å²) in [5.74, 6) is -3.29. The van der Waals surface area contributed by atoms with Gasteiger partial charge in [-0.15, -0.1) is 0 Å². The van der Waals surface area contributed by atoms with Crippen LogP contribution in [0.4, 0.5) is 17.6 Å². The minimum absolute atomic E-state index is 0.0275. The highest BCUT2D eigenvalue weighted by atomic mass is 19.4. The maximum atomic E-state index is 13.6. The third-order valence-electron chi connectivity index (χ3n) is 4.59. The van der Waals surface area contributed by atoms with Crippen molar-refractivity contribution in [3.63, 3.8) is 0 Å². The number of carboxylic acid groups (broad SMARTS) is 1. The number of aromatic nitrogens is 6. The van der Waals surface area contributed by atoms with Crippen molar-refractivity contribution in [3.8, 4) is 11.8 Å². The molecule has 0 bridgehead atoms. The first-order chi connectivity index (χ1) is 14.6. The number of hydrogen-bond donors (Lipinski definition) is 2. The van der Waals surface area contributed by atoms with Crippen molar-refractivity contribution < 1.29 is 32.6 Å². The molecule has 0 fully saturated rings. The summed E-state index contributed by atoms with van der Waals surface area (Å²) in [7, 11) is 0. The number of carbonyl (C=O) groups is 1. The zero-order valence-electron chi connectivity index (χ0n) is 15.5. The summed E-state index contributed by atoms with van der Waals surface area (Å²) < 4.78 is 55.0. The van der Waals surface area contributed by atoms with Crippen LogP contribution >= 0.6 is 0 Å². The standard InChI is InChI=1S/C18H12F4N6O3/c1-8(9-2-3-12(19)11(4-9)18(20,21)22)28-14-13(6-24-28)25-17(26-15(14)29)27-7-10(5-23-27)16(30)31/h2-8H,1H3,(H,30,31)(H,25,26,29). The summed E-state index contributed by atoms with van der Waals surface area (Å²) in [5, 5.41) is 27.3. The van der Waals surface area contributed by atoms with Gasteiger partial charge in [0.25, 0.3) is 5.95 Å². The molecule has 0 aliphatic rings. The topological polar surface area (TPSA) is 119 Å². The molecule has 160 valence electrons. The monoisotopic (exact) mass is 436 g/mol. The maximum absolute atomic E-state index is 13.6. The lowest BCUT2D eigenvalue weighted by Crippen LogP contribution is -2.13. The minimum Gasteiger partial charge on any atom is -0.492 e. The van der Waals surface area contributed by atoms with Crippen LogP contribution in [0.15, 0.2) is 36.8 Å². The van der Waals surface area contributed by atoms with Crippen LogP contribution in [0.2, 0.25) is 0 Å². The number of aromatic carboxylic acids is 1. The van der Waals surface area contributed by atoms with Crippen molar-refractivity contribution in [2.45, 2.75) is 19.1 Å². The molecule has 0 spiro atoms. The fourth-order valence-corrected chi connectivity index (χ4v) is 3.03. The molecule has 3 heterocycles. The third kappa shape index (κ3) is 3.53. The summed E-state index contributed by atoms with van der Waals surface area (Å²) in [5.41, 5.74) is -1.27. The van der Waals surface area contributed by atoms with E-state index < -0.39 is 35.4 Å². The van der Waals surface area contributed by atoms with Gasteiger partial charge in [0, 0.05) is 6.20 Å². The SMILES string of the molecule is CC(c1ccc(F)c(C(F)(F)F)c1)n1ncc2nc(-n3cc(C(=O)O)cn3)nc(O)c21. The highest BCUT2D eigenvalue weighted by Crippen LogP contribution is 2.34. The van der Waals surface area contributed by atoms with Crippen LogP contribution in [0, 0.1) is 5.82 Å². The van der Waals surface area contributed by atoms with E-state index in [2.05, 4.69) is 20.2 Å². The predicted molar refractivity (Wildman–Crippen MR) is 96.3 cm³/mol. The predicted octanol–water partition coefficient (Wildman–Crippen LogP) is 3.18. The second kappa shape index (κ2) is 7.04. The van der Waals surface area contributed by atoms with Crippen molar-refractivity contribution in [1.82, 2.24) is 29.5 Å². The molecule has 1 unspecified atom stereocenters. The van der Waals surface area contributed by atoms with E-state index in [9.17, 15) is 27.5 Å². The molecule has 1 aromatic carbocycles. The van der Waals surface area contributed by atoms with Crippen LogP contribution in [0.5, 0.6) is 5.88 Å². The van der Waals surface area contributed by atoms with E-state index in [1.807, 2.05) is 0 Å². The molecule has 4 aromatic rings. The van der Waals surface area contributed by atoms with Gasteiger partial charge in [0.1, 0.15) is 16.9 Å². The second-order valence-electron chi connectivity index (χ2n) is 6.56. The maximum Gasteiger partial charge on any atom is 0.419 e. The summed E-state index contributed by atoms with van der Waals surface area (Å²) in [4.78, 5) is 19.0. The Labute approximate surface area is 170 Å². The van der Waals surface area contributed by atoms with E-state index in [1.165, 1.54) is 23.9 Å². The average Bonchev–Trinajstić information content (AvgIpc) is 3.34. The minimum atomic E-state index is -4.87. The molecule has 2 N–H and O–H groups in total. The zero-order chi connectivity index (χ0) is 22.5. The van der Waals surface area contributed by atoms with Crippen LogP contribution in [0.25, 0.3) is 17.0 Å². The number of halogens is 4. The molecule has 0 radical (unpaired) electrons. The summed E-state index contributed by atoms with van der Waals surface area (Å²) in [6, 6.07) is 1.75. The highest BCUT2D eigenvalue weighted by Gasteiger charge is 2.34. The Hall–Kier alpha value is -4.03. The second-order valence-corrected chi connectivity index (χ2v) is 6.56. The number of nitrogens with zero attached hydrogens (tertiary/aromatic N) is 6. The van der Waals surface area contributed by atoms with Gasteiger partial charge < -0.3 is 10.2 Å². The Bertz CT molecular complexity index is 1310. The van der Waals surface area contributed by atoms with Gasteiger partial charge in [0.05, 0.1) is 29.6 Å². The molecule has 0 amide bonds. The van der Waals surface area contributed by atoms with Crippen molar-refractivity contribution in [2.75, 3.05) is 0 Å². The van der Waals surface area contributed by atoms with E-state index >= 15 is 0 Å². The molecule has 0 aliphatic heterocycles. The Morgan fingerprint density at radius 2 is 1.90 bits per heavy atom. The van der Waals surface area contributed by atoms with Crippen LogP contribution in [0.3, 0.4) is 0 Å². The average molecular weight is 436 g/mol. The van der Waals surface area contributed by atoms with Gasteiger partial charge in [-0.3, -0.25) is 4.68 Å². The Morgan fingerprint density at radius 3 is 2.55 bits per heavy atom. The molecule has 3 aromatic heterocycles. The highest BCUT2D eigenvalue weighted by molar-refractivity contribution is 5.87. The lowest BCUT2D eigenvalue weighted by molar-refractivity contribution is -0.140. The molecule has 0 aliphatic carbocycles. The molecule has 0 saturated carbocycles. The van der Waals surface area contributed by atoms with Crippen LogP contribution in [0.1, 0.15) is 34.5 Å². The summed E-state index contributed by atoms with van der Waals surface area (Å²) in [6.45, 7) is 1.51. The van der Waals surface area contributed by atoms with Crippen molar-refractivity contribution in [1.29, 1.82) is 0 Å². The summed E-state index contributed by atoms with van der Waals surface area (Å²) >= 11 is 0.